The lowest BCUT2D eigenvalue weighted by atomic mass is 9.98. The van der Waals surface area contributed by atoms with E-state index in [9.17, 15) is 9.59 Å². The Labute approximate surface area is 186 Å². The highest BCUT2D eigenvalue weighted by atomic mass is 16.5. The number of carbonyl (C=O) groups excluding carboxylic acids is 1. The van der Waals surface area contributed by atoms with Crippen molar-refractivity contribution in [3.63, 3.8) is 0 Å². The SMILES string of the molecule is CCCCOc1cccc([C@@H]2c3c(oc4ccccc4c3=O)C(=O)N2C[C@@H]2CCCO2)c1. The van der Waals surface area contributed by atoms with Crippen molar-refractivity contribution in [1.82, 2.24) is 4.90 Å². The average molecular weight is 434 g/mol. The van der Waals surface area contributed by atoms with E-state index in [1.54, 1.807) is 23.1 Å². The number of hydrogen-bond donors (Lipinski definition) is 0. The highest BCUT2D eigenvalue weighted by molar-refractivity contribution is 5.99. The second-order valence-electron chi connectivity index (χ2n) is 8.44. The molecule has 32 heavy (non-hydrogen) atoms. The predicted molar refractivity (Wildman–Crippen MR) is 121 cm³/mol. The third-order valence-electron chi connectivity index (χ3n) is 6.24. The van der Waals surface area contributed by atoms with Gasteiger partial charge in [0.05, 0.1) is 29.7 Å². The third kappa shape index (κ3) is 3.69. The van der Waals surface area contributed by atoms with Crippen LogP contribution in [0.2, 0.25) is 0 Å². The van der Waals surface area contributed by atoms with Gasteiger partial charge in [0.2, 0.25) is 5.76 Å². The average Bonchev–Trinajstić information content (AvgIpc) is 3.42. The van der Waals surface area contributed by atoms with Gasteiger partial charge in [-0.3, -0.25) is 9.59 Å². The summed E-state index contributed by atoms with van der Waals surface area (Å²) in [4.78, 5) is 28.7. The normalized spacial score (nSPS) is 20.2. The van der Waals surface area contributed by atoms with Gasteiger partial charge < -0.3 is 18.8 Å². The van der Waals surface area contributed by atoms with Crippen LogP contribution in [0.4, 0.5) is 0 Å². The zero-order valence-corrected chi connectivity index (χ0v) is 18.2. The molecule has 1 saturated heterocycles. The van der Waals surface area contributed by atoms with Gasteiger partial charge in [-0.25, -0.2) is 0 Å². The van der Waals surface area contributed by atoms with Crippen molar-refractivity contribution in [2.45, 2.75) is 44.8 Å². The minimum absolute atomic E-state index is 0.0377. The summed E-state index contributed by atoms with van der Waals surface area (Å²) in [5, 5.41) is 0.485. The smallest absolute Gasteiger partial charge is 0.291 e. The van der Waals surface area contributed by atoms with Gasteiger partial charge in [0.1, 0.15) is 11.3 Å². The number of benzene rings is 2. The summed E-state index contributed by atoms with van der Waals surface area (Å²) in [6.45, 7) is 3.87. The van der Waals surface area contributed by atoms with Crippen LogP contribution < -0.4 is 10.2 Å². The molecule has 166 valence electrons. The number of para-hydroxylation sites is 1. The Bertz CT molecular complexity index is 1190. The van der Waals surface area contributed by atoms with Crippen molar-refractivity contribution in [3.05, 3.63) is 75.6 Å². The van der Waals surface area contributed by atoms with Crippen molar-refractivity contribution < 1.29 is 18.7 Å². The van der Waals surface area contributed by atoms with Gasteiger partial charge in [-0.2, -0.15) is 0 Å². The Hall–Kier alpha value is -3.12. The number of fused-ring (bicyclic) bond motifs is 2. The fourth-order valence-electron chi connectivity index (χ4n) is 4.62. The highest BCUT2D eigenvalue weighted by Gasteiger charge is 2.44. The lowest BCUT2D eigenvalue weighted by Crippen LogP contribution is -2.36. The predicted octanol–water partition coefficient (Wildman–Crippen LogP) is 4.70. The first-order valence-electron chi connectivity index (χ1n) is 11.4. The maximum absolute atomic E-state index is 13.5. The van der Waals surface area contributed by atoms with Crippen LogP contribution in [0.15, 0.2) is 57.7 Å². The molecule has 2 atom stereocenters. The van der Waals surface area contributed by atoms with Crippen molar-refractivity contribution in [2.75, 3.05) is 19.8 Å². The quantitative estimate of drug-likeness (QED) is 0.506. The summed E-state index contributed by atoms with van der Waals surface area (Å²) in [7, 11) is 0. The number of amides is 1. The Balaban J connectivity index is 1.61. The molecular weight excluding hydrogens is 406 g/mol. The molecule has 5 rings (SSSR count). The molecule has 1 aromatic heterocycles. The Morgan fingerprint density at radius 3 is 2.81 bits per heavy atom. The third-order valence-corrected chi connectivity index (χ3v) is 6.24. The minimum atomic E-state index is -0.530. The number of rotatable bonds is 7. The number of ether oxygens (including phenoxy) is 2. The molecule has 0 radical (unpaired) electrons. The lowest BCUT2D eigenvalue weighted by molar-refractivity contribution is 0.0486. The summed E-state index contributed by atoms with van der Waals surface area (Å²) in [6, 6.07) is 14.2. The van der Waals surface area contributed by atoms with Crippen LogP contribution in [0.3, 0.4) is 0 Å². The summed E-state index contributed by atoms with van der Waals surface area (Å²) in [5.74, 6) is 0.605. The number of hydrogen-bond acceptors (Lipinski definition) is 5. The van der Waals surface area contributed by atoms with Gasteiger partial charge in [0.25, 0.3) is 5.91 Å². The van der Waals surface area contributed by atoms with E-state index >= 15 is 0 Å². The molecule has 0 N–H and O–H groups in total. The molecule has 0 bridgehead atoms. The maximum Gasteiger partial charge on any atom is 0.291 e. The Kier molecular flexibility index (Phi) is 5.70. The van der Waals surface area contributed by atoms with Crippen LogP contribution in [0, 0.1) is 0 Å². The van der Waals surface area contributed by atoms with E-state index in [1.807, 2.05) is 30.3 Å². The maximum atomic E-state index is 13.5. The van der Waals surface area contributed by atoms with Crippen molar-refractivity contribution in [3.8, 4) is 5.75 Å². The molecular formula is C26H27NO5. The largest absolute Gasteiger partial charge is 0.494 e. The molecule has 6 nitrogen and oxygen atoms in total. The van der Waals surface area contributed by atoms with Gasteiger partial charge in [-0.05, 0) is 49.1 Å². The summed E-state index contributed by atoms with van der Waals surface area (Å²) < 4.78 is 17.7. The standard InChI is InChI=1S/C26H27NO5/c1-2-3-13-30-18-9-6-8-17(15-18)23-22-24(28)20-11-4-5-12-21(20)32-25(22)26(29)27(23)16-19-10-7-14-31-19/h4-6,8-9,11-12,15,19,23H,2-3,7,10,13-14,16H2,1H3/t19-,23+/m0/s1. The molecule has 0 aliphatic carbocycles. The lowest BCUT2D eigenvalue weighted by Gasteiger charge is -2.27. The van der Waals surface area contributed by atoms with E-state index in [-0.39, 0.29) is 23.2 Å². The van der Waals surface area contributed by atoms with Crippen LogP contribution in [0.1, 0.15) is 60.3 Å². The second-order valence-corrected chi connectivity index (χ2v) is 8.44. The first-order valence-corrected chi connectivity index (χ1v) is 11.4. The number of carbonyl (C=O) groups is 1. The van der Waals surface area contributed by atoms with Gasteiger partial charge in [-0.15, -0.1) is 0 Å². The van der Waals surface area contributed by atoms with Crippen LogP contribution in [-0.4, -0.2) is 36.7 Å². The monoisotopic (exact) mass is 433 g/mol. The first kappa shape index (κ1) is 20.8. The van der Waals surface area contributed by atoms with Gasteiger partial charge >= 0.3 is 0 Å². The zero-order valence-electron chi connectivity index (χ0n) is 18.2. The molecule has 2 aromatic carbocycles. The van der Waals surface area contributed by atoms with E-state index in [2.05, 4.69) is 6.92 Å². The van der Waals surface area contributed by atoms with Crippen LogP contribution in [-0.2, 0) is 4.74 Å². The van der Waals surface area contributed by atoms with E-state index in [4.69, 9.17) is 13.9 Å². The number of unbranched alkanes of at least 4 members (excludes halogenated alkanes) is 1. The van der Waals surface area contributed by atoms with E-state index in [1.165, 1.54) is 0 Å². The zero-order chi connectivity index (χ0) is 22.1. The van der Waals surface area contributed by atoms with Crippen LogP contribution in [0.5, 0.6) is 5.75 Å². The fraction of sp³-hybridized carbons (Fsp3) is 0.385. The van der Waals surface area contributed by atoms with E-state index in [0.29, 0.717) is 36.3 Å². The Morgan fingerprint density at radius 1 is 1.12 bits per heavy atom. The highest BCUT2D eigenvalue weighted by Crippen LogP contribution is 2.39. The summed E-state index contributed by atoms with van der Waals surface area (Å²) in [6.07, 6.45) is 3.86. The van der Waals surface area contributed by atoms with Crippen molar-refractivity contribution in [2.24, 2.45) is 0 Å². The molecule has 1 amide bonds. The van der Waals surface area contributed by atoms with E-state index < -0.39 is 6.04 Å². The summed E-state index contributed by atoms with van der Waals surface area (Å²) >= 11 is 0. The van der Waals surface area contributed by atoms with Crippen LogP contribution in [0.25, 0.3) is 11.0 Å². The first-order chi connectivity index (χ1) is 15.7. The summed E-state index contributed by atoms with van der Waals surface area (Å²) in [5.41, 5.74) is 1.51. The second kappa shape index (κ2) is 8.79. The molecule has 1 fully saturated rings. The minimum Gasteiger partial charge on any atom is -0.494 e. The van der Waals surface area contributed by atoms with Crippen molar-refractivity contribution in [1.29, 1.82) is 0 Å². The van der Waals surface area contributed by atoms with Gasteiger partial charge in [-0.1, -0.05) is 37.6 Å². The molecule has 2 aliphatic heterocycles. The molecule has 2 aliphatic rings. The van der Waals surface area contributed by atoms with Gasteiger partial charge in [0.15, 0.2) is 5.43 Å². The van der Waals surface area contributed by atoms with Crippen LogP contribution >= 0.6 is 0 Å². The fourth-order valence-corrected chi connectivity index (χ4v) is 4.62. The topological polar surface area (TPSA) is 69.0 Å². The van der Waals surface area contributed by atoms with Crippen molar-refractivity contribution >= 4 is 16.9 Å². The van der Waals surface area contributed by atoms with E-state index in [0.717, 1.165) is 37.0 Å². The number of nitrogens with zero attached hydrogens (tertiary/aromatic N) is 1. The molecule has 3 aromatic rings. The molecule has 0 unspecified atom stereocenters. The Morgan fingerprint density at radius 2 is 2.00 bits per heavy atom. The molecule has 6 heteroatoms. The van der Waals surface area contributed by atoms with Gasteiger partial charge in [0, 0.05) is 13.2 Å². The molecule has 0 spiro atoms. The molecule has 0 saturated carbocycles. The molecule has 3 heterocycles.